The minimum absolute atomic E-state index is 0.0468. The van der Waals surface area contributed by atoms with Gasteiger partial charge in [0.2, 0.25) is 17.0 Å². The third kappa shape index (κ3) is 5.05. The molecule has 1 rings (SSSR count). The lowest BCUT2D eigenvalue weighted by molar-refractivity contribution is -0.120. The fraction of sp³-hybridized carbons (Fsp3) is 0.667. The van der Waals surface area contributed by atoms with Crippen LogP contribution in [-0.2, 0) is 9.53 Å². The van der Waals surface area contributed by atoms with Crippen LogP contribution in [0.5, 0.6) is 0 Å². The first-order valence-electron chi connectivity index (χ1n) is 5.24. The highest BCUT2D eigenvalue weighted by Gasteiger charge is 2.16. The second-order valence-corrected chi connectivity index (χ2v) is 4.71. The molecule has 7 nitrogen and oxygen atoms in total. The van der Waals surface area contributed by atoms with Crippen LogP contribution in [0.4, 0.5) is 5.95 Å². The van der Waals surface area contributed by atoms with Gasteiger partial charge in [0, 0.05) is 20.3 Å². The molecular formula is C9H17N5O2S. The summed E-state index contributed by atoms with van der Waals surface area (Å²) in [5.74, 6) is 0.203. The van der Waals surface area contributed by atoms with Gasteiger partial charge in [0.15, 0.2) is 0 Å². The Hall–Kier alpha value is -1.28. The topological polar surface area (TPSA) is 106 Å². The van der Waals surface area contributed by atoms with E-state index in [-0.39, 0.29) is 17.1 Å². The molecule has 0 radical (unpaired) electrons. The summed E-state index contributed by atoms with van der Waals surface area (Å²) in [5, 5.41) is 9.40. The second kappa shape index (κ2) is 7.13. The summed E-state index contributed by atoms with van der Waals surface area (Å²) in [4.78, 5) is 15.6. The van der Waals surface area contributed by atoms with E-state index < -0.39 is 0 Å². The fourth-order valence-corrected chi connectivity index (χ4v) is 1.85. The number of methoxy groups -OCH3 is 1. The van der Waals surface area contributed by atoms with Gasteiger partial charge in [-0.15, -0.1) is 5.10 Å². The molecule has 4 N–H and O–H groups in total. The van der Waals surface area contributed by atoms with Gasteiger partial charge in [-0.25, -0.2) is 5.10 Å². The number of nitrogen functional groups attached to an aromatic ring is 1. The van der Waals surface area contributed by atoms with Crippen molar-refractivity contribution in [3.05, 3.63) is 0 Å². The van der Waals surface area contributed by atoms with E-state index >= 15 is 0 Å². The van der Waals surface area contributed by atoms with Gasteiger partial charge in [0.1, 0.15) is 0 Å². The number of H-pyrrole nitrogens is 1. The van der Waals surface area contributed by atoms with Gasteiger partial charge >= 0.3 is 0 Å². The number of nitrogens with zero attached hydrogens (tertiary/aromatic N) is 2. The maximum absolute atomic E-state index is 11.6. The minimum Gasteiger partial charge on any atom is -0.385 e. The summed E-state index contributed by atoms with van der Waals surface area (Å²) in [7, 11) is 1.63. The number of carbonyl (C=O) groups excluding carboxylic acids is 1. The number of hydrogen-bond donors (Lipinski definition) is 3. The smallest absolute Gasteiger partial charge is 0.233 e. The summed E-state index contributed by atoms with van der Waals surface area (Å²) < 4.78 is 4.89. The van der Waals surface area contributed by atoms with E-state index in [1.54, 1.807) is 14.0 Å². The number of anilines is 1. The number of carbonyl (C=O) groups is 1. The SMILES string of the molecule is COCCCNC(=O)C(C)Sc1n[nH]c(N)n1. The van der Waals surface area contributed by atoms with Gasteiger partial charge in [-0.1, -0.05) is 11.8 Å². The van der Waals surface area contributed by atoms with Crippen LogP contribution in [0.25, 0.3) is 0 Å². The van der Waals surface area contributed by atoms with Crippen LogP contribution in [-0.4, -0.2) is 46.6 Å². The third-order valence-corrected chi connectivity index (χ3v) is 2.92. The molecule has 96 valence electrons. The lowest BCUT2D eigenvalue weighted by Crippen LogP contribution is -2.32. The van der Waals surface area contributed by atoms with Crippen molar-refractivity contribution in [2.45, 2.75) is 23.8 Å². The van der Waals surface area contributed by atoms with Gasteiger partial charge in [-0.2, -0.15) is 4.98 Å². The molecule has 1 heterocycles. The van der Waals surface area contributed by atoms with E-state index in [9.17, 15) is 4.79 Å². The number of rotatable bonds is 7. The quantitative estimate of drug-likeness (QED) is 0.471. The van der Waals surface area contributed by atoms with Gasteiger partial charge in [-0.05, 0) is 13.3 Å². The number of thioether (sulfide) groups is 1. The first kappa shape index (κ1) is 13.8. The van der Waals surface area contributed by atoms with Crippen molar-refractivity contribution in [2.75, 3.05) is 26.0 Å². The first-order valence-corrected chi connectivity index (χ1v) is 6.12. The number of aromatic nitrogens is 3. The summed E-state index contributed by atoms with van der Waals surface area (Å²) in [6.07, 6.45) is 0.799. The molecule has 0 aliphatic rings. The van der Waals surface area contributed by atoms with Gasteiger partial charge in [0.25, 0.3) is 0 Å². The fourth-order valence-electron chi connectivity index (χ4n) is 1.09. The number of ether oxygens (including phenoxy) is 1. The van der Waals surface area contributed by atoms with Crippen LogP contribution in [0.1, 0.15) is 13.3 Å². The summed E-state index contributed by atoms with van der Waals surface area (Å²) >= 11 is 1.26. The molecule has 1 amide bonds. The largest absolute Gasteiger partial charge is 0.385 e. The average molecular weight is 259 g/mol. The van der Waals surface area contributed by atoms with E-state index in [0.717, 1.165) is 6.42 Å². The lowest BCUT2D eigenvalue weighted by Gasteiger charge is -2.09. The van der Waals surface area contributed by atoms with Gasteiger partial charge < -0.3 is 15.8 Å². The zero-order chi connectivity index (χ0) is 12.7. The highest BCUT2D eigenvalue weighted by molar-refractivity contribution is 8.00. The van der Waals surface area contributed by atoms with E-state index in [2.05, 4.69) is 20.5 Å². The first-order chi connectivity index (χ1) is 8.13. The van der Waals surface area contributed by atoms with Crippen molar-refractivity contribution >= 4 is 23.6 Å². The molecule has 1 unspecified atom stereocenters. The van der Waals surface area contributed by atoms with Crippen LogP contribution in [0, 0.1) is 0 Å². The lowest BCUT2D eigenvalue weighted by atomic mass is 10.4. The van der Waals surface area contributed by atoms with Crippen molar-refractivity contribution in [1.29, 1.82) is 0 Å². The Morgan fingerprint density at radius 2 is 2.47 bits per heavy atom. The van der Waals surface area contributed by atoms with Crippen molar-refractivity contribution < 1.29 is 9.53 Å². The van der Waals surface area contributed by atoms with Crippen molar-refractivity contribution in [1.82, 2.24) is 20.5 Å². The zero-order valence-electron chi connectivity index (χ0n) is 9.90. The number of amides is 1. The Kier molecular flexibility index (Phi) is 5.78. The predicted molar refractivity (Wildman–Crippen MR) is 65.6 cm³/mol. The Bertz CT molecular complexity index is 357. The Balaban J connectivity index is 2.27. The van der Waals surface area contributed by atoms with Gasteiger partial charge in [0.05, 0.1) is 5.25 Å². The number of hydrogen-bond acceptors (Lipinski definition) is 6. The molecule has 0 fully saturated rings. The Morgan fingerprint density at radius 1 is 1.71 bits per heavy atom. The van der Waals surface area contributed by atoms with Crippen molar-refractivity contribution in [3.8, 4) is 0 Å². The van der Waals surface area contributed by atoms with Crippen LogP contribution in [0.2, 0.25) is 0 Å². The van der Waals surface area contributed by atoms with E-state index in [1.165, 1.54) is 11.8 Å². The molecule has 0 aliphatic carbocycles. The van der Waals surface area contributed by atoms with E-state index in [0.29, 0.717) is 18.3 Å². The number of nitrogens with two attached hydrogens (primary N) is 1. The maximum atomic E-state index is 11.6. The third-order valence-electron chi connectivity index (χ3n) is 1.96. The molecule has 0 saturated heterocycles. The standard InChI is InChI=1S/C9H17N5O2S/c1-6(7(15)11-4-3-5-16-2)17-9-12-8(10)13-14-9/h6H,3-5H2,1-2H3,(H,11,15)(H3,10,12,13,14). The Morgan fingerprint density at radius 3 is 3.06 bits per heavy atom. The zero-order valence-corrected chi connectivity index (χ0v) is 10.7. The number of aromatic amines is 1. The molecular weight excluding hydrogens is 242 g/mol. The molecule has 17 heavy (non-hydrogen) atoms. The van der Waals surface area contributed by atoms with E-state index in [4.69, 9.17) is 10.5 Å². The second-order valence-electron chi connectivity index (χ2n) is 3.40. The van der Waals surface area contributed by atoms with E-state index in [1.807, 2.05) is 0 Å². The predicted octanol–water partition coefficient (Wildman–Crippen LogP) is 0.0202. The molecule has 0 saturated carbocycles. The van der Waals surface area contributed by atoms with Crippen LogP contribution in [0.15, 0.2) is 5.16 Å². The summed E-state index contributed by atoms with van der Waals surface area (Å²) in [5.41, 5.74) is 5.39. The van der Waals surface area contributed by atoms with Crippen LogP contribution in [0.3, 0.4) is 0 Å². The normalized spacial score (nSPS) is 12.4. The maximum Gasteiger partial charge on any atom is 0.233 e. The van der Waals surface area contributed by atoms with Gasteiger partial charge in [-0.3, -0.25) is 4.79 Å². The molecule has 0 bridgehead atoms. The molecule has 1 atom stereocenters. The van der Waals surface area contributed by atoms with Crippen molar-refractivity contribution in [3.63, 3.8) is 0 Å². The molecule has 0 spiro atoms. The number of nitrogens with one attached hydrogen (secondary N) is 2. The van der Waals surface area contributed by atoms with Crippen LogP contribution >= 0.6 is 11.8 Å². The Labute approximate surface area is 104 Å². The summed E-state index contributed by atoms with van der Waals surface area (Å²) in [6.45, 7) is 3.04. The highest BCUT2D eigenvalue weighted by Crippen LogP contribution is 2.19. The molecule has 0 aliphatic heterocycles. The van der Waals surface area contributed by atoms with Crippen LogP contribution < -0.4 is 11.1 Å². The monoisotopic (exact) mass is 259 g/mol. The minimum atomic E-state index is -0.257. The molecule has 1 aromatic heterocycles. The molecule has 8 heteroatoms. The average Bonchev–Trinajstić information content (AvgIpc) is 2.70. The highest BCUT2D eigenvalue weighted by atomic mass is 32.2. The molecule has 1 aromatic rings. The summed E-state index contributed by atoms with van der Waals surface area (Å²) in [6, 6.07) is 0. The van der Waals surface area contributed by atoms with Crippen molar-refractivity contribution in [2.24, 2.45) is 0 Å². The molecule has 0 aromatic carbocycles.